The minimum atomic E-state index is -0.664. The lowest BCUT2D eigenvalue weighted by Crippen LogP contribution is -2.44. The second kappa shape index (κ2) is 7.53. The third-order valence-corrected chi connectivity index (χ3v) is 3.79. The number of para-hydroxylation sites is 1. The van der Waals surface area contributed by atoms with Gasteiger partial charge >= 0.3 is 0 Å². The van der Waals surface area contributed by atoms with Crippen molar-refractivity contribution in [1.82, 2.24) is 20.6 Å². The van der Waals surface area contributed by atoms with Gasteiger partial charge in [-0.2, -0.15) is 0 Å². The fraction of sp³-hybridized carbons (Fsp3) is 0.158. The largest absolute Gasteiger partial charge is 0.350 e. The Morgan fingerprint density at radius 3 is 2.60 bits per heavy atom. The van der Waals surface area contributed by atoms with Gasteiger partial charge in [-0.05, 0) is 36.8 Å². The average Bonchev–Trinajstić information content (AvgIpc) is 2.66. The Labute approximate surface area is 145 Å². The topological polar surface area (TPSA) is 84.0 Å². The molecule has 0 aliphatic heterocycles. The van der Waals surface area contributed by atoms with E-state index < -0.39 is 6.04 Å². The third kappa shape index (κ3) is 4.17. The van der Waals surface area contributed by atoms with Crippen LogP contribution in [0.3, 0.4) is 0 Å². The van der Waals surface area contributed by atoms with Crippen molar-refractivity contribution >= 4 is 22.7 Å². The maximum Gasteiger partial charge on any atom is 0.270 e. The average molecular weight is 334 g/mol. The molecule has 0 aliphatic rings. The lowest BCUT2D eigenvalue weighted by Gasteiger charge is -2.14. The zero-order chi connectivity index (χ0) is 17.6. The molecule has 0 fully saturated rings. The Morgan fingerprint density at radius 1 is 1.04 bits per heavy atom. The monoisotopic (exact) mass is 334 g/mol. The third-order valence-electron chi connectivity index (χ3n) is 3.79. The molecule has 6 nitrogen and oxygen atoms in total. The van der Waals surface area contributed by atoms with Gasteiger partial charge in [0, 0.05) is 24.3 Å². The van der Waals surface area contributed by atoms with E-state index >= 15 is 0 Å². The second-order valence-corrected chi connectivity index (χ2v) is 5.66. The molecule has 0 saturated carbocycles. The van der Waals surface area contributed by atoms with Crippen LogP contribution in [0, 0.1) is 0 Å². The molecular formula is C19H18N4O2. The van der Waals surface area contributed by atoms with Gasteiger partial charge in [0.05, 0.1) is 5.52 Å². The summed E-state index contributed by atoms with van der Waals surface area (Å²) in [7, 11) is 0. The number of aromatic nitrogens is 2. The fourth-order valence-electron chi connectivity index (χ4n) is 2.37. The summed E-state index contributed by atoms with van der Waals surface area (Å²) in [6, 6.07) is 14.0. The van der Waals surface area contributed by atoms with Gasteiger partial charge in [-0.3, -0.25) is 14.6 Å². The highest BCUT2D eigenvalue weighted by Gasteiger charge is 2.17. The van der Waals surface area contributed by atoms with E-state index in [0.29, 0.717) is 6.54 Å². The summed E-state index contributed by atoms with van der Waals surface area (Å²) in [4.78, 5) is 32.7. The predicted molar refractivity (Wildman–Crippen MR) is 94.8 cm³/mol. The number of amides is 2. The Kier molecular flexibility index (Phi) is 4.99. The Morgan fingerprint density at radius 2 is 1.80 bits per heavy atom. The fourth-order valence-corrected chi connectivity index (χ4v) is 2.37. The van der Waals surface area contributed by atoms with E-state index in [-0.39, 0.29) is 17.5 Å². The Bertz CT molecular complexity index is 896. The normalized spacial score (nSPS) is 11.7. The molecule has 25 heavy (non-hydrogen) atoms. The zero-order valence-corrected chi connectivity index (χ0v) is 13.8. The molecule has 1 aromatic carbocycles. The lowest BCUT2D eigenvalue weighted by atomic mass is 10.2. The van der Waals surface area contributed by atoms with Crippen molar-refractivity contribution in [3.8, 4) is 0 Å². The van der Waals surface area contributed by atoms with Crippen LogP contribution in [0.1, 0.15) is 23.0 Å². The van der Waals surface area contributed by atoms with Crippen molar-refractivity contribution in [3.63, 3.8) is 0 Å². The first kappa shape index (κ1) is 16.6. The highest BCUT2D eigenvalue weighted by Crippen LogP contribution is 2.11. The van der Waals surface area contributed by atoms with E-state index in [0.717, 1.165) is 16.5 Å². The molecular weight excluding hydrogens is 316 g/mol. The number of benzene rings is 1. The van der Waals surface area contributed by atoms with Crippen molar-refractivity contribution in [2.24, 2.45) is 0 Å². The molecule has 126 valence electrons. The predicted octanol–water partition coefficient (Wildman–Crippen LogP) is 2.06. The molecule has 0 radical (unpaired) electrons. The first-order chi connectivity index (χ1) is 12.1. The van der Waals surface area contributed by atoms with Crippen LogP contribution < -0.4 is 10.6 Å². The number of carbonyl (C=O) groups excluding carboxylic acids is 2. The molecule has 6 heteroatoms. The molecule has 0 bridgehead atoms. The van der Waals surface area contributed by atoms with Crippen LogP contribution in [0.4, 0.5) is 0 Å². The minimum absolute atomic E-state index is 0.258. The molecule has 3 aromatic rings. The van der Waals surface area contributed by atoms with Crippen molar-refractivity contribution in [3.05, 3.63) is 72.2 Å². The number of nitrogens with one attached hydrogen (secondary N) is 2. The van der Waals surface area contributed by atoms with Crippen LogP contribution in [0.2, 0.25) is 0 Å². The number of carbonyl (C=O) groups is 2. The van der Waals surface area contributed by atoms with E-state index in [2.05, 4.69) is 20.6 Å². The molecule has 2 amide bonds. The number of fused-ring (bicyclic) bond motifs is 1. The van der Waals surface area contributed by atoms with Gasteiger partial charge in [-0.25, -0.2) is 4.98 Å². The van der Waals surface area contributed by atoms with Gasteiger partial charge in [0.1, 0.15) is 11.7 Å². The molecule has 2 aromatic heterocycles. The zero-order valence-electron chi connectivity index (χ0n) is 13.8. The van der Waals surface area contributed by atoms with Crippen LogP contribution in [0.5, 0.6) is 0 Å². The van der Waals surface area contributed by atoms with Gasteiger partial charge in [-0.15, -0.1) is 0 Å². The number of hydrogen-bond acceptors (Lipinski definition) is 4. The van der Waals surface area contributed by atoms with Crippen molar-refractivity contribution < 1.29 is 9.59 Å². The van der Waals surface area contributed by atoms with Crippen LogP contribution in [-0.2, 0) is 11.3 Å². The molecule has 3 rings (SSSR count). The number of nitrogens with zero attached hydrogens (tertiary/aromatic N) is 2. The van der Waals surface area contributed by atoms with Gasteiger partial charge < -0.3 is 10.6 Å². The maximum absolute atomic E-state index is 12.3. The van der Waals surface area contributed by atoms with Gasteiger partial charge in [0.2, 0.25) is 5.91 Å². The minimum Gasteiger partial charge on any atom is -0.350 e. The molecule has 0 aliphatic carbocycles. The summed E-state index contributed by atoms with van der Waals surface area (Å²) in [5.74, 6) is -0.636. The summed E-state index contributed by atoms with van der Waals surface area (Å²) >= 11 is 0. The summed E-state index contributed by atoms with van der Waals surface area (Å²) in [5.41, 5.74) is 1.97. The van der Waals surface area contributed by atoms with E-state index in [9.17, 15) is 9.59 Å². The Balaban J connectivity index is 1.59. The molecule has 0 unspecified atom stereocenters. The van der Waals surface area contributed by atoms with Crippen molar-refractivity contribution in [2.45, 2.75) is 19.5 Å². The van der Waals surface area contributed by atoms with Crippen LogP contribution in [0.25, 0.3) is 10.9 Å². The molecule has 2 N–H and O–H groups in total. The van der Waals surface area contributed by atoms with Crippen LogP contribution in [-0.4, -0.2) is 27.8 Å². The highest BCUT2D eigenvalue weighted by molar-refractivity contribution is 5.97. The first-order valence-electron chi connectivity index (χ1n) is 7.97. The SMILES string of the molecule is C[C@@H](NC(=O)c1ccc2ccccc2n1)C(=O)NCc1ccncc1. The summed E-state index contributed by atoms with van der Waals surface area (Å²) < 4.78 is 0. The second-order valence-electron chi connectivity index (χ2n) is 5.66. The van der Waals surface area contributed by atoms with Crippen LogP contribution in [0.15, 0.2) is 60.9 Å². The van der Waals surface area contributed by atoms with Gasteiger partial charge in [0.25, 0.3) is 5.91 Å². The number of hydrogen-bond donors (Lipinski definition) is 2. The quantitative estimate of drug-likeness (QED) is 0.748. The summed E-state index contributed by atoms with van der Waals surface area (Å²) in [5, 5.41) is 6.41. The molecule has 0 spiro atoms. The number of pyridine rings is 2. The van der Waals surface area contributed by atoms with E-state index in [4.69, 9.17) is 0 Å². The first-order valence-corrected chi connectivity index (χ1v) is 7.97. The molecule has 0 saturated heterocycles. The number of rotatable bonds is 5. The smallest absolute Gasteiger partial charge is 0.270 e. The lowest BCUT2D eigenvalue weighted by molar-refractivity contribution is -0.122. The van der Waals surface area contributed by atoms with Crippen LogP contribution >= 0.6 is 0 Å². The molecule has 2 heterocycles. The Hall–Kier alpha value is -3.28. The van der Waals surface area contributed by atoms with Crippen molar-refractivity contribution in [1.29, 1.82) is 0 Å². The van der Waals surface area contributed by atoms with E-state index in [1.165, 1.54) is 0 Å². The van der Waals surface area contributed by atoms with Gasteiger partial charge in [-0.1, -0.05) is 24.3 Å². The summed E-state index contributed by atoms with van der Waals surface area (Å²) in [6.45, 7) is 2.02. The maximum atomic E-state index is 12.3. The summed E-state index contributed by atoms with van der Waals surface area (Å²) in [6.07, 6.45) is 3.33. The van der Waals surface area contributed by atoms with Gasteiger partial charge in [0.15, 0.2) is 0 Å². The van der Waals surface area contributed by atoms with E-state index in [1.54, 1.807) is 25.4 Å². The molecule has 1 atom stereocenters. The van der Waals surface area contributed by atoms with Crippen molar-refractivity contribution in [2.75, 3.05) is 0 Å². The highest BCUT2D eigenvalue weighted by atomic mass is 16.2. The van der Waals surface area contributed by atoms with E-state index in [1.807, 2.05) is 42.5 Å². The standard InChI is InChI=1S/C19H18N4O2/c1-13(18(24)21-12-14-8-10-20-11-9-14)22-19(25)17-7-6-15-4-2-3-5-16(15)23-17/h2-11,13H,12H2,1H3,(H,21,24)(H,22,25)/t13-/m1/s1.